The topological polar surface area (TPSA) is 36.1 Å². The van der Waals surface area contributed by atoms with E-state index in [1.807, 2.05) is 5.97 Å². The highest BCUT2D eigenvalue weighted by Gasteiger charge is 1.72. The zero-order valence-electron chi connectivity index (χ0n) is 3.00. The summed E-state index contributed by atoms with van der Waals surface area (Å²) in [7, 11) is 2.87. The summed E-state index contributed by atoms with van der Waals surface area (Å²) in [6.07, 6.45) is 0. The monoisotopic (exact) mass is 115 g/mol. The van der Waals surface area contributed by atoms with Crippen LogP contribution in [0.15, 0.2) is 4.52 Å². The van der Waals surface area contributed by atoms with E-state index in [4.69, 9.17) is 5.26 Å². The minimum absolute atomic E-state index is 0.713. The SMILES string of the molecule is N#C[B]P=NP. The van der Waals surface area contributed by atoms with Gasteiger partial charge < -0.3 is 0 Å². The summed E-state index contributed by atoms with van der Waals surface area (Å²) < 4.78 is 3.54. The van der Waals surface area contributed by atoms with Crippen LogP contribution in [0.5, 0.6) is 0 Å². The molecule has 0 aromatic carbocycles. The molecule has 0 heterocycles. The second-order valence-corrected chi connectivity index (χ2v) is 1.90. The van der Waals surface area contributed by atoms with Crippen LogP contribution in [0.3, 0.4) is 0 Å². The maximum absolute atomic E-state index is 7.82. The van der Waals surface area contributed by atoms with E-state index >= 15 is 0 Å². The van der Waals surface area contributed by atoms with Gasteiger partial charge in [0.2, 0.25) is 0 Å². The van der Waals surface area contributed by atoms with Gasteiger partial charge in [-0.05, 0) is 17.6 Å². The van der Waals surface area contributed by atoms with Gasteiger partial charge >= 0.3 is 7.00 Å². The zero-order chi connectivity index (χ0) is 4.83. The molecule has 6 heavy (non-hydrogen) atoms. The summed E-state index contributed by atoms with van der Waals surface area (Å²) in [5.41, 5.74) is 0. The molecular formula is CH2BN2P2. The van der Waals surface area contributed by atoms with Crippen LogP contribution >= 0.6 is 17.6 Å². The molecule has 0 saturated heterocycles. The second-order valence-electron chi connectivity index (χ2n) is 0.489. The molecule has 0 aliphatic rings. The lowest BCUT2D eigenvalue weighted by atomic mass is 10.2. The van der Waals surface area contributed by atoms with E-state index in [1.165, 1.54) is 7.00 Å². The Morgan fingerprint density at radius 3 is 2.83 bits per heavy atom. The van der Waals surface area contributed by atoms with Gasteiger partial charge in [0.25, 0.3) is 0 Å². The third-order valence-electron chi connectivity index (χ3n) is 0.182. The van der Waals surface area contributed by atoms with Crippen molar-refractivity contribution >= 4 is 24.6 Å². The first-order valence-electron chi connectivity index (χ1n) is 1.23. The van der Waals surface area contributed by atoms with Gasteiger partial charge in [0.05, 0.1) is 0 Å². The van der Waals surface area contributed by atoms with Gasteiger partial charge in [-0.25, -0.2) is 5.26 Å². The van der Waals surface area contributed by atoms with Crippen LogP contribution in [0.1, 0.15) is 0 Å². The Kier molecular flexibility index (Phi) is 5.16. The normalized spacial score (nSPS) is 8.00. The van der Waals surface area contributed by atoms with Gasteiger partial charge in [-0.3, -0.25) is 4.52 Å². The van der Waals surface area contributed by atoms with E-state index in [-0.39, 0.29) is 0 Å². The number of rotatable bonds is 1. The average molecular weight is 115 g/mol. The van der Waals surface area contributed by atoms with Crippen LogP contribution in [0, 0.1) is 11.2 Å². The minimum atomic E-state index is 0.713. The molecule has 5 heteroatoms. The van der Waals surface area contributed by atoms with Gasteiger partial charge in [0.15, 0.2) is 0 Å². The highest BCUT2D eigenvalue weighted by Crippen LogP contribution is 1.98. The first-order valence-corrected chi connectivity index (χ1v) is 2.66. The van der Waals surface area contributed by atoms with Crippen molar-refractivity contribution in [2.45, 2.75) is 0 Å². The number of nitrogens with zero attached hydrogens (tertiary/aromatic N) is 2. The molecule has 0 saturated carbocycles. The standard InChI is InChI=1S/CH2BN2P2/c3-1-2-6-4-5/h5H2. The maximum atomic E-state index is 7.82. The molecule has 0 aliphatic carbocycles. The third-order valence-corrected chi connectivity index (χ3v) is 0.946. The molecule has 1 atom stereocenters. The van der Waals surface area contributed by atoms with Crippen molar-refractivity contribution in [2.24, 2.45) is 4.52 Å². The van der Waals surface area contributed by atoms with E-state index in [9.17, 15) is 0 Å². The largest absolute Gasteiger partial charge is 0.347 e. The third kappa shape index (κ3) is 4.08. The van der Waals surface area contributed by atoms with E-state index in [0.29, 0.717) is 8.25 Å². The predicted octanol–water partition coefficient (Wildman–Crippen LogP) is 1.01. The summed E-state index contributed by atoms with van der Waals surface area (Å²) in [5, 5.41) is 7.82. The van der Waals surface area contributed by atoms with Gasteiger partial charge in [-0.1, -0.05) is 0 Å². The molecule has 1 unspecified atom stereocenters. The lowest BCUT2D eigenvalue weighted by molar-refractivity contribution is 1.56. The first-order chi connectivity index (χ1) is 2.91. The van der Waals surface area contributed by atoms with Crippen LogP contribution < -0.4 is 0 Å². The Labute approximate surface area is 41.3 Å². The van der Waals surface area contributed by atoms with Crippen molar-refractivity contribution in [2.75, 3.05) is 0 Å². The van der Waals surface area contributed by atoms with Crippen LogP contribution in [-0.2, 0) is 0 Å². The molecular weight excluding hydrogens is 113 g/mol. The zero-order valence-corrected chi connectivity index (χ0v) is 5.05. The van der Waals surface area contributed by atoms with E-state index in [0.717, 1.165) is 0 Å². The Balaban J connectivity index is 2.92. The Bertz CT molecular complexity index is 84.0. The van der Waals surface area contributed by atoms with Crippen LogP contribution in [-0.4, -0.2) is 7.00 Å². The lowest BCUT2D eigenvalue weighted by Gasteiger charge is -1.59. The maximum Gasteiger partial charge on any atom is 0.347 e. The number of hydrogen-bond donors (Lipinski definition) is 0. The van der Waals surface area contributed by atoms with Gasteiger partial charge in [0.1, 0.15) is 0 Å². The summed E-state index contributed by atoms with van der Waals surface area (Å²) in [4.78, 5) is 0. The fraction of sp³-hybridized carbons (Fsp3) is 0. The molecule has 0 bridgehead atoms. The van der Waals surface area contributed by atoms with Crippen molar-refractivity contribution in [1.82, 2.24) is 0 Å². The molecule has 1 radical (unpaired) electrons. The fourth-order valence-electron chi connectivity index (χ4n) is 0.0592. The van der Waals surface area contributed by atoms with Crippen molar-refractivity contribution < 1.29 is 0 Å². The highest BCUT2D eigenvalue weighted by molar-refractivity contribution is 7.66. The molecule has 0 spiro atoms. The molecule has 0 aromatic rings. The van der Waals surface area contributed by atoms with E-state index < -0.39 is 0 Å². The van der Waals surface area contributed by atoms with Gasteiger partial charge in [-0.15, -0.1) is 0 Å². The van der Waals surface area contributed by atoms with Crippen LogP contribution in [0.25, 0.3) is 0 Å². The van der Waals surface area contributed by atoms with Gasteiger partial charge in [0, 0.05) is 5.97 Å². The van der Waals surface area contributed by atoms with E-state index in [2.05, 4.69) is 13.9 Å². The summed E-state index contributed by atoms with van der Waals surface area (Å²) in [6, 6.07) is 0. The molecule has 0 aliphatic heterocycles. The van der Waals surface area contributed by atoms with Crippen LogP contribution in [0.4, 0.5) is 0 Å². The lowest BCUT2D eigenvalue weighted by Crippen LogP contribution is -1.59. The predicted molar refractivity (Wildman–Crippen MR) is 30.4 cm³/mol. The number of nitriles is 1. The quantitative estimate of drug-likeness (QED) is 0.370. The van der Waals surface area contributed by atoms with Crippen LogP contribution in [0.2, 0.25) is 0 Å². The van der Waals surface area contributed by atoms with E-state index in [1.54, 1.807) is 0 Å². The minimum Gasteiger partial charge on any atom is -0.263 e. The van der Waals surface area contributed by atoms with Crippen molar-refractivity contribution in [3.63, 3.8) is 0 Å². The molecule has 0 amide bonds. The molecule has 0 aromatic heterocycles. The summed E-state index contributed by atoms with van der Waals surface area (Å²) in [5.74, 6) is 1.82. The molecule has 0 fully saturated rings. The van der Waals surface area contributed by atoms with Gasteiger partial charge in [-0.2, -0.15) is 0 Å². The Morgan fingerprint density at radius 1 is 2.00 bits per heavy atom. The average Bonchev–Trinajstić information content (AvgIpc) is 1.61. The summed E-state index contributed by atoms with van der Waals surface area (Å²) in [6.45, 7) is 1.40. The van der Waals surface area contributed by atoms with Crippen molar-refractivity contribution in [1.29, 1.82) is 5.26 Å². The molecule has 2 nitrogen and oxygen atoms in total. The van der Waals surface area contributed by atoms with Crippen molar-refractivity contribution in [3.8, 4) is 5.97 Å². The smallest absolute Gasteiger partial charge is 0.263 e. The number of hydrogen-bond acceptors (Lipinski definition) is 2. The Hall–Kier alpha value is 0.0849. The fourth-order valence-corrected chi connectivity index (χ4v) is 0.377. The highest BCUT2D eigenvalue weighted by atomic mass is 31.1. The summed E-state index contributed by atoms with van der Waals surface area (Å²) >= 11 is 0. The second kappa shape index (κ2) is 5.08. The first kappa shape index (κ1) is 6.08. The molecule has 29 valence electrons. The molecule has 0 N–H and O–H groups in total. The Morgan fingerprint density at radius 2 is 2.67 bits per heavy atom. The molecule has 0 rings (SSSR count). The van der Waals surface area contributed by atoms with Crippen molar-refractivity contribution in [3.05, 3.63) is 0 Å².